The van der Waals surface area contributed by atoms with Gasteiger partial charge in [-0.25, -0.2) is 9.59 Å². The Balaban J connectivity index is 1.82. The van der Waals surface area contributed by atoms with Crippen molar-refractivity contribution in [2.24, 2.45) is 0 Å². The standard InChI is InChI=1S/C26H31N3O6/c1-5-14-29-17(2)22(25(31)35-16-15-33-3)23(28-26(29)32)18-6-10-20(11-7-18)27-24(30)19-8-12-21(34-4)13-9-19/h6-13,23H,5,14-16H2,1-4H3,(H,27,30)(H,28,32). The number of hydrogen-bond acceptors (Lipinski definition) is 6. The Hall–Kier alpha value is -3.85. The number of nitrogens with one attached hydrogen (secondary N) is 2. The van der Waals surface area contributed by atoms with Crippen molar-refractivity contribution in [1.82, 2.24) is 10.2 Å². The lowest BCUT2D eigenvalue weighted by molar-refractivity contribution is -0.140. The largest absolute Gasteiger partial charge is 0.497 e. The van der Waals surface area contributed by atoms with Crippen molar-refractivity contribution in [2.75, 3.05) is 39.3 Å². The number of carbonyl (C=O) groups is 3. The SMILES string of the molecule is CCCN1C(=O)NC(c2ccc(NC(=O)c3ccc(OC)cc3)cc2)C(C(=O)OCCOC)=C1C. The number of esters is 1. The molecule has 1 heterocycles. The van der Waals surface area contributed by atoms with Crippen LogP contribution in [-0.4, -0.2) is 56.8 Å². The van der Waals surface area contributed by atoms with Gasteiger partial charge < -0.3 is 24.8 Å². The van der Waals surface area contributed by atoms with E-state index in [1.54, 1.807) is 67.5 Å². The lowest BCUT2D eigenvalue weighted by Gasteiger charge is -2.35. The predicted molar refractivity (Wildman–Crippen MR) is 131 cm³/mol. The minimum absolute atomic E-state index is 0.108. The third kappa shape index (κ3) is 6.19. The van der Waals surface area contributed by atoms with Crippen LogP contribution in [0.25, 0.3) is 0 Å². The number of benzene rings is 2. The van der Waals surface area contributed by atoms with Gasteiger partial charge in [0.1, 0.15) is 12.4 Å². The molecule has 0 aromatic heterocycles. The summed E-state index contributed by atoms with van der Waals surface area (Å²) in [7, 11) is 3.09. The third-order valence-electron chi connectivity index (χ3n) is 5.64. The van der Waals surface area contributed by atoms with E-state index in [1.165, 1.54) is 7.11 Å². The van der Waals surface area contributed by atoms with Crippen LogP contribution in [0.3, 0.4) is 0 Å². The van der Waals surface area contributed by atoms with Crippen LogP contribution in [-0.2, 0) is 14.3 Å². The number of carbonyl (C=O) groups excluding carboxylic acids is 3. The van der Waals surface area contributed by atoms with E-state index in [4.69, 9.17) is 14.2 Å². The molecule has 0 radical (unpaired) electrons. The molecule has 3 amide bonds. The highest BCUT2D eigenvalue weighted by Gasteiger charge is 2.36. The van der Waals surface area contributed by atoms with Gasteiger partial charge in [0.25, 0.3) is 5.91 Å². The number of urea groups is 1. The highest BCUT2D eigenvalue weighted by Crippen LogP contribution is 2.32. The fourth-order valence-corrected chi connectivity index (χ4v) is 3.79. The maximum atomic E-state index is 13.0. The second kappa shape index (κ2) is 12.0. The number of rotatable bonds is 10. The van der Waals surface area contributed by atoms with Gasteiger partial charge in [0.2, 0.25) is 0 Å². The predicted octanol–water partition coefficient (Wildman–Crippen LogP) is 3.89. The zero-order valence-corrected chi connectivity index (χ0v) is 20.4. The van der Waals surface area contributed by atoms with Crippen LogP contribution in [0.2, 0.25) is 0 Å². The second-order valence-electron chi connectivity index (χ2n) is 7.97. The van der Waals surface area contributed by atoms with Gasteiger partial charge in [-0.2, -0.15) is 0 Å². The Morgan fingerprint density at radius 3 is 2.31 bits per heavy atom. The molecule has 2 aromatic carbocycles. The fraction of sp³-hybridized carbons (Fsp3) is 0.346. The average Bonchev–Trinajstić information content (AvgIpc) is 2.86. The first-order valence-corrected chi connectivity index (χ1v) is 11.4. The Bertz CT molecular complexity index is 1080. The number of allylic oxidation sites excluding steroid dienone is 1. The van der Waals surface area contributed by atoms with Gasteiger partial charge in [0.05, 0.1) is 25.3 Å². The molecule has 2 N–H and O–H groups in total. The molecule has 2 aromatic rings. The van der Waals surface area contributed by atoms with E-state index in [0.29, 0.717) is 40.4 Å². The molecule has 186 valence electrons. The molecule has 1 aliphatic rings. The summed E-state index contributed by atoms with van der Waals surface area (Å²) < 4.78 is 15.5. The van der Waals surface area contributed by atoms with Crippen molar-refractivity contribution in [2.45, 2.75) is 26.3 Å². The van der Waals surface area contributed by atoms with Crippen LogP contribution in [0.4, 0.5) is 10.5 Å². The fourth-order valence-electron chi connectivity index (χ4n) is 3.79. The molecule has 0 bridgehead atoms. The average molecular weight is 482 g/mol. The van der Waals surface area contributed by atoms with E-state index in [1.807, 2.05) is 6.92 Å². The first kappa shape index (κ1) is 25.8. The van der Waals surface area contributed by atoms with Crippen molar-refractivity contribution < 1.29 is 28.6 Å². The molecule has 1 aliphatic heterocycles. The first-order valence-electron chi connectivity index (χ1n) is 11.4. The molecule has 9 nitrogen and oxygen atoms in total. The molecule has 0 saturated carbocycles. The number of amides is 3. The second-order valence-corrected chi connectivity index (χ2v) is 7.97. The Morgan fingerprint density at radius 1 is 1.03 bits per heavy atom. The van der Waals surface area contributed by atoms with E-state index < -0.39 is 12.0 Å². The summed E-state index contributed by atoms with van der Waals surface area (Å²) in [6.45, 7) is 4.57. The lowest BCUT2D eigenvalue weighted by Crippen LogP contribution is -2.48. The molecular weight excluding hydrogens is 450 g/mol. The summed E-state index contributed by atoms with van der Waals surface area (Å²) in [5.74, 6) is -0.111. The van der Waals surface area contributed by atoms with Crippen LogP contribution >= 0.6 is 0 Å². The van der Waals surface area contributed by atoms with E-state index in [9.17, 15) is 14.4 Å². The summed E-state index contributed by atoms with van der Waals surface area (Å²) in [5.41, 5.74) is 2.68. The van der Waals surface area contributed by atoms with E-state index in [0.717, 1.165) is 6.42 Å². The number of nitrogens with zero attached hydrogens (tertiary/aromatic N) is 1. The van der Waals surface area contributed by atoms with Crippen LogP contribution in [0, 0.1) is 0 Å². The Labute approximate surface area is 205 Å². The first-order chi connectivity index (χ1) is 16.9. The molecule has 9 heteroatoms. The molecule has 35 heavy (non-hydrogen) atoms. The number of anilines is 1. The maximum absolute atomic E-state index is 13.0. The van der Waals surface area contributed by atoms with Gasteiger partial charge in [0.15, 0.2) is 0 Å². The number of hydrogen-bond donors (Lipinski definition) is 2. The molecule has 0 aliphatic carbocycles. The molecule has 1 atom stereocenters. The summed E-state index contributed by atoms with van der Waals surface area (Å²) in [6.07, 6.45) is 0.740. The number of methoxy groups -OCH3 is 2. The van der Waals surface area contributed by atoms with Crippen LogP contribution in [0.1, 0.15) is 42.2 Å². The Morgan fingerprint density at radius 2 is 1.71 bits per heavy atom. The Kier molecular flexibility index (Phi) is 8.86. The van der Waals surface area contributed by atoms with Crippen molar-refractivity contribution in [3.8, 4) is 5.75 Å². The summed E-state index contributed by atoms with van der Waals surface area (Å²) in [4.78, 5) is 39.8. The zero-order valence-electron chi connectivity index (χ0n) is 20.4. The van der Waals surface area contributed by atoms with Crippen molar-refractivity contribution in [1.29, 1.82) is 0 Å². The van der Waals surface area contributed by atoms with Gasteiger partial charge in [-0.05, 0) is 55.3 Å². The molecule has 3 rings (SSSR count). The normalized spacial score (nSPS) is 15.5. The van der Waals surface area contributed by atoms with Gasteiger partial charge in [-0.3, -0.25) is 9.69 Å². The van der Waals surface area contributed by atoms with Crippen molar-refractivity contribution >= 4 is 23.6 Å². The summed E-state index contributed by atoms with van der Waals surface area (Å²) in [5, 5.41) is 5.76. The number of ether oxygens (including phenoxy) is 3. The van der Waals surface area contributed by atoms with Crippen LogP contribution in [0.15, 0.2) is 59.8 Å². The third-order valence-corrected chi connectivity index (χ3v) is 5.64. The van der Waals surface area contributed by atoms with Gasteiger partial charge in [0, 0.05) is 30.6 Å². The molecular formula is C26H31N3O6. The highest BCUT2D eigenvalue weighted by molar-refractivity contribution is 6.04. The van der Waals surface area contributed by atoms with Gasteiger partial charge in [-0.15, -0.1) is 0 Å². The van der Waals surface area contributed by atoms with Gasteiger partial charge >= 0.3 is 12.0 Å². The van der Waals surface area contributed by atoms with Crippen LogP contribution in [0.5, 0.6) is 5.75 Å². The lowest BCUT2D eigenvalue weighted by atomic mass is 9.94. The van der Waals surface area contributed by atoms with Crippen LogP contribution < -0.4 is 15.4 Å². The van der Waals surface area contributed by atoms with E-state index in [2.05, 4.69) is 10.6 Å². The minimum atomic E-state index is -0.683. The van der Waals surface area contributed by atoms with Crippen molar-refractivity contribution in [3.05, 3.63) is 70.9 Å². The molecule has 0 saturated heterocycles. The molecule has 0 spiro atoms. The molecule has 0 fully saturated rings. The topological polar surface area (TPSA) is 106 Å². The van der Waals surface area contributed by atoms with E-state index in [-0.39, 0.29) is 25.2 Å². The highest BCUT2D eigenvalue weighted by atomic mass is 16.6. The summed E-state index contributed by atoms with van der Waals surface area (Å²) >= 11 is 0. The zero-order chi connectivity index (χ0) is 25.4. The van der Waals surface area contributed by atoms with E-state index >= 15 is 0 Å². The monoisotopic (exact) mass is 481 g/mol. The smallest absolute Gasteiger partial charge is 0.338 e. The quantitative estimate of drug-likeness (QED) is 0.394. The minimum Gasteiger partial charge on any atom is -0.497 e. The maximum Gasteiger partial charge on any atom is 0.338 e. The van der Waals surface area contributed by atoms with Crippen molar-refractivity contribution in [3.63, 3.8) is 0 Å². The summed E-state index contributed by atoms with van der Waals surface area (Å²) in [6, 6.07) is 12.8. The molecule has 1 unspecified atom stereocenters. The van der Waals surface area contributed by atoms with Gasteiger partial charge in [-0.1, -0.05) is 19.1 Å².